The van der Waals surface area contributed by atoms with Crippen molar-refractivity contribution in [3.8, 4) is 0 Å². The Morgan fingerprint density at radius 3 is 2.59 bits per heavy atom. The van der Waals surface area contributed by atoms with Crippen LogP contribution in [0.4, 0.5) is 0 Å². The molecular formula is C26H26N6OS. The van der Waals surface area contributed by atoms with Crippen LogP contribution >= 0.6 is 11.3 Å². The fourth-order valence-corrected chi connectivity index (χ4v) is 4.83. The molecular weight excluding hydrogens is 444 g/mol. The second kappa shape index (κ2) is 9.70. The summed E-state index contributed by atoms with van der Waals surface area (Å²) in [6.07, 6.45) is 0. The molecule has 0 bridgehead atoms. The van der Waals surface area contributed by atoms with Crippen LogP contribution in [0.5, 0.6) is 0 Å². The highest BCUT2D eigenvalue weighted by atomic mass is 32.1. The standard InChI is InChI=1S/C26H26N6OS/c1-18-11-21-13-22(26(33)27-24(21)12-19(18)2)15-31(16-23-9-6-10-34-23)17-25-28-29-30-32(25)14-20-7-4-3-5-8-20/h3-13H,14-17H2,1-2H3,(H,27,33). The maximum atomic E-state index is 13.0. The third kappa shape index (κ3) is 4.98. The minimum absolute atomic E-state index is 0.0594. The fourth-order valence-electron chi connectivity index (χ4n) is 4.09. The Balaban J connectivity index is 1.44. The number of pyridine rings is 1. The SMILES string of the molecule is Cc1cc2cc(CN(Cc3cccs3)Cc3nnnn3Cc3ccccc3)c(=O)[nH]c2cc1C. The first-order valence-electron chi connectivity index (χ1n) is 11.2. The van der Waals surface area contributed by atoms with Crippen LogP contribution in [0.3, 0.4) is 0 Å². The quantitative estimate of drug-likeness (QED) is 0.363. The first-order valence-corrected chi connectivity index (χ1v) is 12.1. The highest BCUT2D eigenvalue weighted by Gasteiger charge is 2.16. The molecule has 7 nitrogen and oxygen atoms in total. The molecule has 0 amide bonds. The summed E-state index contributed by atoms with van der Waals surface area (Å²) in [5.41, 5.74) is 5.05. The number of nitrogens with one attached hydrogen (secondary N) is 1. The van der Waals surface area contributed by atoms with E-state index in [4.69, 9.17) is 0 Å². The van der Waals surface area contributed by atoms with E-state index in [0.717, 1.165) is 27.9 Å². The van der Waals surface area contributed by atoms with Crippen LogP contribution in [0.2, 0.25) is 0 Å². The molecule has 0 unspecified atom stereocenters. The van der Waals surface area contributed by atoms with Crippen LogP contribution in [0.15, 0.2) is 70.8 Å². The molecule has 0 saturated carbocycles. The normalized spacial score (nSPS) is 11.5. The van der Waals surface area contributed by atoms with Gasteiger partial charge in [0, 0.05) is 29.0 Å². The van der Waals surface area contributed by atoms with E-state index in [0.29, 0.717) is 26.2 Å². The Bertz CT molecular complexity index is 1460. The molecule has 0 aliphatic rings. The van der Waals surface area contributed by atoms with Gasteiger partial charge in [-0.15, -0.1) is 16.4 Å². The number of hydrogen-bond acceptors (Lipinski definition) is 6. The van der Waals surface area contributed by atoms with Gasteiger partial charge in [0.2, 0.25) is 0 Å². The predicted molar refractivity (Wildman–Crippen MR) is 135 cm³/mol. The minimum atomic E-state index is -0.0594. The highest BCUT2D eigenvalue weighted by Crippen LogP contribution is 2.20. The second-order valence-electron chi connectivity index (χ2n) is 8.61. The number of thiophene rings is 1. The van der Waals surface area contributed by atoms with E-state index in [-0.39, 0.29) is 5.56 Å². The number of H-pyrrole nitrogens is 1. The van der Waals surface area contributed by atoms with Crippen molar-refractivity contribution in [1.29, 1.82) is 0 Å². The lowest BCUT2D eigenvalue weighted by Crippen LogP contribution is -2.27. The zero-order chi connectivity index (χ0) is 23.5. The number of fused-ring (bicyclic) bond motifs is 1. The molecule has 0 radical (unpaired) electrons. The predicted octanol–water partition coefficient (Wildman–Crippen LogP) is 4.44. The summed E-state index contributed by atoms with van der Waals surface area (Å²) in [5, 5.41) is 15.5. The van der Waals surface area contributed by atoms with Crippen LogP contribution in [-0.4, -0.2) is 30.1 Å². The van der Waals surface area contributed by atoms with Crippen LogP contribution in [0.25, 0.3) is 10.9 Å². The van der Waals surface area contributed by atoms with Gasteiger partial charge in [0.1, 0.15) is 0 Å². The lowest BCUT2D eigenvalue weighted by atomic mass is 10.0. The van der Waals surface area contributed by atoms with Gasteiger partial charge >= 0.3 is 0 Å². The summed E-state index contributed by atoms with van der Waals surface area (Å²) in [5.74, 6) is 0.768. The Morgan fingerprint density at radius 1 is 0.971 bits per heavy atom. The van der Waals surface area contributed by atoms with Gasteiger partial charge in [-0.2, -0.15) is 0 Å². The van der Waals surface area contributed by atoms with Gasteiger partial charge in [-0.25, -0.2) is 4.68 Å². The van der Waals surface area contributed by atoms with Crippen LogP contribution in [-0.2, 0) is 26.2 Å². The molecule has 34 heavy (non-hydrogen) atoms. The maximum absolute atomic E-state index is 13.0. The average Bonchev–Trinajstić information content (AvgIpc) is 3.49. The van der Waals surface area contributed by atoms with E-state index in [1.165, 1.54) is 16.0 Å². The third-order valence-electron chi connectivity index (χ3n) is 6.04. The van der Waals surface area contributed by atoms with E-state index in [9.17, 15) is 4.79 Å². The van der Waals surface area contributed by atoms with Crippen molar-refractivity contribution >= 4 is 22.2 Å². The lowest BCUT2D eigenvalue weighted by Gasteiger charge is -2.21. The Hall–Kier alpha value is -3.62. The molecule has 172 valence electrons. The van der Waals surface area contributed by atoms with Gasteiger partial charge in [0.25, 0.3) is 5.56 Å². The summed E-state index contributed by atoms with van der Waals surface area (Å²) in [4.78, 5) is 19.5. The number of aromatic nitrogens is 5. The summed E-state index contributed by atoms with van der Waals surface area (Å²) in [6.45, 7) is 6.49. The largest absolute Gasteiger partial charge is 0.322 e. The van der Waals surface area contributed by atoms with E-state index in [2.05, 4.69) is 68.9 Å². The van der Waals surface area contributed by atoms with Gasteiger partial charge in [0.15, 0.2) is 5.82 Å². The third-order valence-corrected chi connectivity index (χ3v) is 6.90. The van der Waals surface area contributed by atoms with Crippen molar-refractivity contribution in [1.82, 2.24) is 30.1 Å². The minimum Gasteiger partial charge on any atom is -0.322 e. The first-order chi connectivity index (χ1) is 16.5. The van der Waals surface area contributed by atoms with Crippen LogP contribution in [0, 0.1) is 13.8 Å². The van der Waals surface area contributed by atoms with Crippen molar-refractivity contribution < 1.29 is 0 Å². The van der Waals surface area contributed by atoms with E-state index in [1.807, 2.05) is 41.1 Å². The monoisotopic (exact) mass is 470 g/mol. The molecule has 0 aliphatic heterocycles. The molecule has 0 atom stereocenters. The van der Waals surface area contributed by atoms with E-state index >= 15 is 0 Å². The Labute approximate surface area is 201 Å². The van der Waals surface area contributed by atoms with Crippen molar-refractivity contribution in [3.05, 3.63) is 109 Å². The highest BCUT2D eigenvalue weighted by molar-refractivity contribution is 7.09. The van der Waals surface area contributed by atoms with Gasteiger partial charge in [-0.05, 0) is 76.0 Å². The number of tetrazole rings is 1. The zero-order valence-electron chi connectivity index (χ0n) is 19.2. The van der Waals surface area contributed by atoms with Crippen LogP contribution in [0.1, 0.15) is 33.0 Å². The molecule has 3 heterocycles. The second-order valence-corrected chi connectivity index (χ2v) is 9.64. The van der Waals surface area contributed by atoms with Gasteiger partial charge in [0.05, 0.1) is 13.1 Å². The summed E-state index contributed by atoms with van der Waals surface area (Å²) in [6, 6.07) is 20.5. The molecule has 5 aromatic rings. The number of aryl methyl sites for hydroxylation is 2. The van der Waals surface area contributed by atoms with Gasteiger partial charge in [-0.1, -0.05) is 36.4 Å². The number of aromatic amines is 1. The molecule has 5 rings (SSSR count). The first kappa shape index (κ1) is 22.2. The van der Waals surface area contributed by atoms with Crippen molar-refractivity contribution in [2.75, 3.05) is 0 Å². The molecule has 3 aromatic heterocycles. The molecule has 0 spiro atoms. The molecule has 8 heteroatoms. The average molecular weight is 471 g/mol. The molecule has 0 aliphatic carbocycles. The van der Waals surface area contributed by atoms with Crippen molar-refractivity contribution in [3.63, 3.8) is 0 Å². The van der Waals surface area contributed by atoms with Crippen LogP contribution < -0.4 is 5.56 Å². The number of benzene rings is 2. The molecule has 2 aromatic carbocycles. The fraction of sp³-hybridized carbons (Fsp3) is 0.231. The molecule has 0 saturated heterocycles. The van der Waals surface area contributed by atoms with Gasteiger partial charge < -0.3 is 4.98 Å². The van der Waals surface area contributed by atoms with Gasteiger partial charge in [-0.3, -0.25) is 9.69 Å². The van der Waals surface area contributed by atoms with E-state index in [1.54, 1.807) is 11.3 Å². The summed E-state index contributed by atoms with van der Waals surface area (Å²) >= 11 is 1.71. The Morgan fingerprint density at radius 2 is 1.79 bits per heavy atom. The summed E-state index contributed by atoms with van der Waals surface area (Å²) < 4.78 is 1.83. The lowest BCUT2D eigenvalue weighted by molar-refractivity contribution is 0.238. The maximum Gasteiger partial charge on any atom is 0.252 e. The Kier molecular flexibility index (Phi) is 6.33. The number of hydrogen-bond donors (Lipinski definition) is 1. The van der Waals surface area contributed by atoms with Crippen molar-refractivity contribution in [2.45, 2.75) is 40.0 Å². The number of nitrogens with zero attached hydrogens (tertiary/aromatic N) is 5. The zero-order valence-corrected chi connectivity index (χ0v) is 20.0. The number of rotatable bonds is 8. The summed E-state index contributed by atoms with van der Waals surface area (Å²) in [7, 11) is 0. The molecule has 1 N–H and O–H groups in total. The van der Waals surface area contributed by atoms with E-state index < -0.39 is 0 Å². The molecule has 0 fully saturated rings. The topological polar surface area (TPSA) is 79.7 Å². The van der Waals surface area contributed by atoms with Crippen molar-refractivity contribution in [2.24, 2.45) is 0 Å². The smallest absolute Gasteiger partial charge is 0.252 e.